The van der Waals surface area contributed by atoms with Crippen molar-refractivity contribution in [1.82, 2.24) is 0 Å². The standard InChI is InChI=1S/C16H13.C8H11.2ClH.Zr/c1-12-10-14-8-5-9-15(16(14)11-12)13-6-3-2-4-7-13;1-6-4-7(2)8(3)5-6;;;/h2-11H,1H3;4,6H,1-3H3;2*1H;/q2*-1;;;+4/p-2. The van der Waals surface area contributed by atoms with E-state index < -0.39 is 0 Å². The van der Waals surface area contributed by atoms with Gasteiger partial charge in [0.2, 0.25) is 0 Å². The first-order valence-corrected chi connectivity index (χ1v) is 8.55. The maximum absolute atomic E-state index is 3.29. The molecule has 1 unspecified atom stereocenters. The molecule has 3 heteroatoms. The van der Waals surface area contributed by atoms with Crippen LogP contribution in [0.2, 0.25) is 0 Å². The van der Waals surface area contributed by atoms with Gasteiger partial charge in [-0.05, 0) is 5.56 Å². The molecule has 4 rings (SSSR count). The van der Waals surface area contributed by atoms with E-state index >= 15 is 0 Å². The van der Waals surface area contributed by atoms with Crippen molar-refractivity contribution in [2.75, 3.05) is 0 Å². The minimum absolute atomic E-state index is 0. The average Bonchev–Trinajstić information content (AvgIpc) is 3.09. The summed E-state index contributed by atoms with van der Waals surface area (Å²) in [5.41, 5.74) is 6.65. The maximum Gasteiger partial charge on any atom is 4.00 e. The Morgan fingerprint density at radius 1 is 0.889 bits per heavy atom. The van der Waals surface area contributed by atoms with Crippen LogP contribution in [0.5, 0.6) is 0 Å². The van der Waals surface area contributed by atoms with Gasteiger partial charge < -0.3 is 24.8 Å². The Hall–Kier alpha value is -1.01. The van der Waals surface area contributed by atoms with Crippen LogP contribution in [-0.4, -0.2) is 0 Å². The van der Waals surface area contributed by atoms with Crippen LogP contribution in [0.15, 0.2) is 77.9 Å². The van der Waals surface area contributed by atoms with Crippen molar-refractivity contribution in [2.45, 2.75) is 27.7 Å². The van der Waals surface area contributed by atoms with E-state index in [1.165, 1.54) is 38.6 Å². The van der Waals surface area contributed by atoms with Crippen LogP contribution in [0.4, 0.5) is 0 Å². The van der Waals surface area contributed by atoms with Gasteiger partial charge >= 0.3 is 26.2 Å². The van der Waals surface area contributed by atoms with Crippen molar-refractivity contribution in [1.29, 1.82) is 0 Å². The van der Waals surface area contributed by atoms with Gasteiger partial charge in [-0.3, -0.25) is 6.08 Å². The molecule has 0 radical (unpaired) electrons. The van der Waals surface area contributed by atoms with Crippen LogP contribution < -0.4 is 24.8 Å². The minimum Gasteiger partial charge on any atom is -1.00 e. The van der Waals surface area contributed by atoms with Crippen LogP contribution in [-0.2, 0) is 26.2 Å². The van der Waals surface area contributed by atoms with E-state index in [0.29, 0.717) is 5.92 Å². The molecule has 0 aromatic heterocycles. The van der Waals surface area contributed by atoms with Gasteiger partial charge in [-0.1, -0.05) is 68.7 Å². The first-order valence-electron chi connectivity index (χ1n) is 8.55. The summed E-state index contributed by atoms with van der Waals surface area (Å²) in [4.78, 5) is 0. The Morgan fingerprint density at radius 3 is 2.07 bits per heavy atom. The van der Waals surface area contributed by atoms with Crippen LogP contribution in [0, 0.1) is 18.9 Å². The van der Waals surface area contributed by atoms with Gasteiger partial charge in [0.05, 0.1) is 0 Å². The molecule has 0 heterocycles. The SMILES string of the molecule is CC1=[C-]C(C)C=C1C.Cc1cc2c(-c3ccccc3)cccc2[cH-]1.[Cl-].[Cl-].[Zr+4]. The number of rotatable bonds is 1. The van der Waals surface area contributed by atoms with Gasteiger partial charge in [0, 0.05) is 0 Å². The molecule has 0 bridgehead atoms. The third kappa shape index (κ3) is 6.53. The Morgan fingerprint density at radius 2 is 1.56 bits per heavy atom. The molecule has 3 aromatic carbocycles. The average molecular weight is 475 g/mol. The number of hydrogen-bond donors (Lipinski definition) is 0. The predicted molar refractivity (Wildman–Crippen MR) is 105 cm³/mol. The summed E-state index contributed by atoms with van der Waals surface area (Å²) < 4.78 is 0. The maximum atomic E-state index is 3.29. The van der Waals surface area contributed by atoms with Crippen molar-refractivity contribution in [3.63, 3.8) is 0 Å². The Bertz CT molecular complexity index is 887. The molecule has 3 aromatic rings. The first-order chi connectivity index (χ1) is 11.5. The molecule has 0 fully saturated rings. The smallest absolute Gasteiger partial charge is 1.00 e. The van der Waals surface area contributed by atoms with Gasteiger partial charge in [0.25, 0.3) is 0 Å². The monoisotopic (exact) mass is 472 g/mol. The number of benzene rings is 2. The molecule has 0 nitrogen and oxygen atoms in total. The molecule has 27 heavy (non-hydrogen) atoms. The second-order valence-electron chi connectivity index (χ2n) is 6.61. The number of allylic oxidation sites excluding steroid dienone is 4. The van der Waals surface area contributed by atoms with E-state index in [4.69, 9.17) is 0 Å². The number of hydrogen-bond acceptors (Lipinski definition) is 0. The summed E-state index contributed by atoms with van der Waals surface area (Å²) in [6.45, 7) is 8.54. The number of fused-ring (bicyclic) bond motifs is 1. The van der Waals surface area contributed by atoms with Crippen molar-refractivity contribution in [2.24, 2.45) is 5.92 Å². The van der Waals surface area contributed by atoms with E-state index in [0.717, 1.165) is 0 Å². The largest absolute Gasteiger partial charge is 4.00 e. The van der Waals surface area contributed by atoms with Crippen molar-refractivity contribution in [3.8, 4) is 11.1 Å². The first kappa shape index (κ1) is 26.0. The van der Waals surface area contributed by atoms with Gasteiger partial charge in [-0.2, -0.15) is 12.1 Å². The van der Waals surface area contributed by atoms with Gasteiger partial charge in [0.1, 0.15) is 0 Å². The molecule has 1 aliphatic carbocycles. The predicted octanol–water partition coefficient (Wildman–Crippen LogP) is 0.872. The normalized spacial score (nSPS) is 14.6. The number of halogens is 2. The summed E-state index contributed by atoms with van der Waals surface area (Å²) >= 11 is 0. The summed E-state index contributed by atoms with van der Waals surface area (Å²) in [6, 6.07) is 21.6. The van der Waals surface area contributed by atoms with E-state index in [-0.39, 0.29) is 51.0 Å². The molecule has 1 aliphatic rings. The Balaban J connectivity index is 0.000000535. The zero-order valence-corrected chi connectivity index (χ0v) is 20.2. The molecule has 138 valence electrons. The Labute approximate surface area is 195 Å². The molecular formula is C24H24Cl2Zr. The second-order valence-corrected chi connectivity index (χ2v) is 6.61. The fourth-order valence-electron chi connectivity index (χ4n) is 3.25. The van der Waals surface area contributed by atoms with Crippen LogP contribution in [0.1, 0.15) is 26.3 Å². The topological polar surface area (TPSA) is 0 Å². The Kier molecular flexibility index (Phi) is 11.3. The molecule has 0 spiro atoms. The van der Waals surface area contributed by atoms with Crippen LogP contribution >= 0.6 is 0 Å². The van der Waals surface area contributed by atoms with Crippen molar-refractivity contribution >= 4 is 10.8 Å². The van der Waals surface area contributed by atoms with Crippen molar-refractivity contribution < 1.29 is 51.0 Å². The molecule has 0 saturated heterocycles. The number of aryl methyl sites for hydroxylation is 1. The molecular weight excluding hydrogens is 450 g/mol. The second kappa shape index (κ2) is 11.7. The van der Waals surface area contributed by atoms with E-state index in [1.54, 1.807) is 0 Å². The van der Waals surface area contributed by atoms with Crippen LogP contribution in [0.25, 0.3) is 21.9 Å². The molecule has 0 N–H and O–H groups in total. The summed E-state index contributed by atoms with van der Waals surface area (Å²) in [7, 11) is 0. The van der Waals surface area contributed by atoms with E-state index in [9.17, 15) is 0 Å². The molecule has 0 saturated carbocycles. The van der Waals surface area contributed by atoms with Gasteiger partial charge in [0.15, 0.2) is 0 Å². The molecule has 0 aliphatic heterocycles. The third-order valence-corrected chi connectivity index (χ3v) is 4.52. The minimum atomic E-state index is 0. The zero-order valence-electron chi connectivity index (χ0n) is 16.2. The fourth-order valence-corrected chi connectivity index (χ4v) is 3.25. The van der Waals surface area contributed by atoms with Crippen molar-refractivity contribution in [3.05, 3.63) is 89.5 Å². The zero-order chi connectivity index (χ0) is 17.1. The summed E-state index contributed by atoms with van der Waals surface area (Å²) in [6.07, 6.45) is 5.52. The summed E-state index contributed by atoms with van der Waals surface area (Å²) in [5, 5.41) is 2.69. The van der Waals surface area contributed by atoms with E-state index in [2.05, 4.69) is 101 Å². The van der Waals surface area contributed by atoms with Gasteiger partial charge in [-0.25, -0.2) is 11.1 Å². The summed E-state index contributed by atoms with van der Waals surface area (Å²) in [5.74, 6) is 0.551. The molecule has 1 atom stereocenters. The fraction of sp³-hybridized carbons (Fsp3) is 0.208. The van der Waals surface area contributed by atoms with E-state index in [1.807, 2.05) is 0 Å². The third-order valence-electron chi connectivity index (χ3n) is 4.52. The molecule has 0 amide bonds. The van der Waals surface area contributed by atoms with Gasteiger partial charge in [-0.15, -0.1) is 41.5 Å². The quantitative estimate of drug-likeness (QED) is 0.460. The van der Waals surface area contributed by atoms with Crippen LogP contribution in [0.3, 0.4) is 0 Å².